The van der Waals surface area contributed by atoms with Crippen LogP contribution in [0.4, 0.5) is 10.2 Å². The number of aromatic nitrogens is 2. The number of piperidine rings is 2. The number of likely N-dealkylation sites (tertiary alicyclic amines) is 1. The summed E-state index contributed by atoms with van der Waals surface area (Å²) >= 11 is 6.90. The van der Waals surface area contributed by atoms with Crippen LogP contribution in [0.2, 0.25) is 5.02 Å². The highest BCUT2D eigenvalue weighted by molar-refractivity contribution is 6.35. The molecule has 3 saturated heterocycles. The summed E-state index contributed by atoms with van der Waals surface area (Å²) in [5.41, 5.74) is 0.903. The van der Waals surface area contributed by atoms with Gasteiger partial charge in [-0.15, -0.1) is 0 Å². The van der Waals surface area contributed by atoms with Crippen molar-refractivity contribution in [3.05, 3.63) is 82.6 Å². The summed E-state index contributed by atoms with van der Waals surface area (Å²) in [6.45, 7) is 9.53. The number of nitrogens with zero attached hydrogens (tertiary/aromatic N) is 6. The van der Waals surface area contributed by atoms with E-state index in [1.54, 1.807) is 30.0 Å². The van der Waals surface area contributed by atoms with Crippen molar-refractivity contribution in [2.45, 2.75) is 57.8 Å². The third-order valence-corrected chi connectivity index (χ3v) is 13.5. The van der Waals surface area contributed by atoms with Gasteiger partial charge in [-0.05, 0) is 78.9 Å². The van der Waals surface area contributed by atoms with Gasteiger partial charge >= 0.3 is 6.01 Å². The Bertz CT molecular complexity index is 2860. The van der Waals surface area contributed by atoms with E-state index < -0.39 is 35.5 Å². The van der Waals surface area contributed by atoms with Gasteiger partial charge in [-0.3, -0.25) is 39.1 Å². The number of hydrogen-bond acceptors (Lipinski definition) is 15. The first-order valence-electron chi connectivity index (χ1n) is 23.9. The minimum absolute atomic E-state index is 0.0153. The minimum Gasteiger partial charge on any atom is -0.508 e. The number of carbonyl (C=O) groups is 5. The van der Waals surface area contributed by atoms with E-state index in [0.717, 1.165) is 41.6 Å². The number of benzene rings is 4. The van der Waals surface area contributed by atoms with Crippen molar-refractivity contribution in [2.24, 2.45) is 0 Å². The first kappa shape index (κ1) is 49.5. The second-order valence-corrected chi connectivity index (χ2v) is 18.4. The number of hydrogen-bond donors (Lipinski definition) is 2. The second kappa shape index (κ2) is 21.9. The molecule has 2 atom stereocenters. The van der Waals surface area contributed by atoms with E-state index in [0.29, 0.717) is 81.7 Å². The van der Waals surface area contributed by atoms with Crippen LogP contribution in [-0.2, 0) is 28.6 Å². The maximum atomic E-state index is 17.0. The van der Waals surface area contributed by atoms with Crippen molar-refractivity contribution in [2.75, 3.05) is 90.4 Å². The van der Waals surface area contributed by atoms with Crippen LogP contribution in [0.3, 0.4) is 0 Å². The highest BCUT2D eigenvalue weighted by atomic mass is 35.5. The van der Waals surface area contributed by atoms with Gasteiger partial charge in [0.25, 0.3) is 11.8 Å². The molecule has 71 heavy (non-hydrogen) atoms. The molecule has 18 nitrogen and oxygen atoms in total. The van der Waals surface area contributed by atoms with Gasteiger partial charge in [-0.2, -0.15) is 9.97 Å². The highest BCUT2D eigenvalue weighted by Gasteiger charge is 2.45. The van der Waals surface area contributed by atoms with Crippen LogP contribution < -0.4 is 19.7 Å². The zero-order valence-corrected chi connectivity index (χ0v) is 40.3. The number of phenolic OH excluding ortho intramolecular Hbond substituents is 1. The van der Waals surface area contributed by atoms with Crippen LogP contribution in [0.15, 0.2) is 60.7 Å². The number of imide groups is 2. The van der Waals surface area contributed by atoms with Gasteiger partial charge in [0.1, 0.15) is 41.6 Å². The molecule has 1 aromatic heterocycles. The summed E-state index contributed by atoms with van der Waals surface area (Å²) in [5, 5.41) is 14.8. The molecule has 4 aliphatic heterocycles. The standard InChI is InChI=1S/C51H55ClFN7O11/c1-30(71-51-55-46-40(47(56-51)59-17-15-58(16-18-59)31(2)61)28-41(52)44(45(46)53)38-26-33(62)25-32-5-3-4-6-36(32)38)29-57-13-11-34(12-14-57)69-23-21-67-19-20-68-22-24-70-35-7-8-37-39(27-35)50(66)60(49(37)65)42-9-10-43(63)54-48(42)64/h3-8,25-28,30,34,42,62H,9-24,29H2,1-2H3,(H,54,63,64)/t30-,42?/m1/s1. The predicted molar refractivity (Wildman–Crippen MR) is 259 cm³/mol. The fourth-order valence-electron chi connectivity index (χ4n) is 9.63. The van der Waals surface area contributed by atoms with Crippen LogP contribution in [0.1, 0.15) is 60.2 Å². The van der Waals surface area contributed by atoms with Gasteiger partial charge in [0.05, 0.1) is 55.3 Å². The van der Waals surface area contributed by atoms with E-state index in [1.807, 2.05) is 36.1 Å². The van der Waals surface area contributed by atoms with Crippen molar-refractivity contribution < 1.29 is 57.2 Å². The third-order valence-electron chi connectivity index (χ3n) is 13.2. The summed E-state index contributed by atoms with van der Waals surface area (Å²) in [6.07, 6.45) is 1.50. The van der Waals surface area contributed by atoms with E-state index in [1.165, 1.54) is 18.2 Å². The molecule has 5 heterocycles. The number of carbonyl (C=O) groups excluding carboxylic acids is 5. The number of nitrogens with one attached hydrogen (secondary N) is 1. The average Bonchev–Trinajstić information content (AvgIpc) is 3.59. The third kappa shape index (κ3) is 11.0. The largest absolute Gasteiger partial charge is 0.508 e. The Morgan fingerprint density at radius 3 is 2.30 bits per heavy atom. The predicted octanol–water partition coefficient (Wildman–Crippen LogP) is 5.38. The number of anilines is 1. The van der Waals surface area contributed by atoms with E-state index in [-0.39, 0.29) is 83.2 Å². The summed E-state index contributed by atoms with van der Waals surface area (Å²) in [7, 11) is 0. The molecule has 0 saturated carbocycles. The molecule has 0 aliphatic carbocycles. The first-order valence-corrected chi connectivity index (χ1v) is 24.3. The summed E-state index contributed by atoms with van der Waals surface area (Å²) in [4.78, 5) is 78.4. The molecular formula is C51H55ClFN7O11. The van der Waals surface area contributed by atoms with E-state index in [2.05, 4.69) is 15.2 Å². The van der Waals surface area contributed by atoms with E-state index in [9.17, 15) is 29.1 Å². The average molecular weight is 996 g/mol. The molecule has 5 aromatic rings. The van der Waals surface area contributed by atoms with Crippen LogP contribution in [0.5, 0.6) is 17.5 Å². The van der Waals surface area contributed by atoms with Crippen molar-refractivity contribution >= 4 is 68.6 Å². The normalized spacial score (nSPS) is 18.4. The lowest BCUT2D eigenvalue weighted by molar-refractivity contribution is -0.136. The molecule has 0 radical (unpaired) electrons. The fourth-order valence-corrected chi connectivity index (χ4v) is 9.92. The van der Waals surface area contributed by atoms with Crippen LogP contribution in [0.25, 0.3) is 32.8 Å². The van der Waals surface area contributed by atoms with E-state index in [4.69, 9.17) is 40.3 Å². The van der Waals surface area contributed by atoms with Crippen molar-refractivity contribution in [1.82, 2.24) is 30.0 Å². The summed E-state index contributed by atoms with van der Waals surface area (Å²) in [6, 6.07) is 15.7. The van der Waals surface area contributed by atoms with Gasteiger partial charge in [-0.1, -0.05) is 35.9 Å². The van der Waals surface area contributed by atoms with Crippen LogP contribution in [-0.4, -0.2) is 163 Å². The van der Waals surface area contributed by atoms with Crippen LogP contribution in [0, 0.1) is 5.82 Å². The van der Waals surface area contributed by atoms with Gasteiger partial charge in [0.15, 0.2) is 5.82 Å². The zero-order chi connectivity index (χ0) is 49.8. The Kier molecular flexibility index (Phi) is 15.2. The molecule has 2 N–H and O–H groups in total. The minimum atomic E-state index is -1.03. The van der Waals surface area contributed by atoms with Crippen LogP contribution >= 0.6 is 11.6 Å². The quantitative estimate of drug-likeness (QED) is 0.0837. The molecule has 1 unspecified atom stereocenters. The zero-order valence-electron chi connectivity index (χ0n) is 39.5. The summed E-state index contributed by atoms with van der Waals surface area (Å²) < 4.78 is 46.6. The monoisotopic (exact) mass is 995 g/mol. The molecule has 20 heteroatoms. The summed E-state index contributed by atoms with van der Waals surface area (Å²) in [5.74, 6) is -2.13. The number of fused-ring (bicyclic) bond motifs is 3. The maximum Gasteiger partial charge on any atom is 0.319 e. The number of ether oxygens (including phenoxy) is 5. The van der Waals surface area contributed by atoms with Gasteiger partial charge in [0.2, 0.25) is 17.7 Å². The van der Waals surface area contributed by atoms with Crippen molar-refractivity contribution in [3.8, 4) is 28.6 Å². The molecule has 4 aliphatic rings. The fraction of sp³-hybridized carbons (Fsp3) is 0.431. The number of piperazine rings is 1. The number of rotatable bonds is 18. The lowest BCUT2D eigenvalue weighted by atomic mass is 9.96. The molecule has 5 amide bonds. The van der Waals surface area contributed by atoms with Crippen molar-refractivity contribution in [3.63, 3.8) is 0 Å². The van der Waals surface area contributed by atoms with Gasteiger partial charge in [-0.25, -0.2) is 4.39 Å². The lowest BCUT2D eigenvalue weighted by Gasteiger charge is -2.35. The molecule has 9 rings (SSSR count). The maximum absolute atomic E-state index is 17.0. The second-order valence-electron chi connectivity index (χ2n) is 18.0. The van der Waals surface area contributed by atoms with Crippen molar-refractivity contribution in [1.29, 1.82) is 0 Å². The molecule has 4 aromatic carbocycles. The van der Waals surface area contributed by atoms with Gasteiger partial charge in [0, 0.05) is 70.1 Å². The molecule has 374 valence electrons. The SMILES string of the molecule is CC(=O)N1CCN(c2nc(O[C@H](C)CN3CCC(OCCOCCOCCOc4ccc5c(c4)C(=O)N(C4CCC(=O)NC4=O)C5=O)CC3)nc3c(F)c(-c4cc(O)cc5ccccc45)c(Cl)cc23)CC1. The number of halogens is 2. The first-order chi connectivity index (χ1) is 34.3. The number of aromatic hydroxyl groups is 1. The Balaban J connectivity index is 0.714. The topological polar surface area (TPSA) is 202 Å². The highest BCUT2D eigenvalue weighted by Crippen LogP contribution is 2.43. The smallest absolute Gasteiger partial charge is 0.319 e. The van der Waals surface area contributed by atoms with Gasteiger partial charge < -0.3 is 38.6 Å². The molecule has 3 fully saturated rings. The molecular weight excluding hydrogens is 941 g/mol. The Morgan fingerprint density at radius 2 is 1.55 bits per heavy atom. The number of phenols is 1. The Labute approximate surface area is 413 Å². The van der Waals surface area contributed by atoms with E-state index >= 15 is 4.39 Å². The molecule has 0 bridgehead atoms. The number of amides is 5. The Morgan fingerprint density at radius 1 is 0.831 bits per heavy atom. The lowest BCUT2D eigenvalue weighted by Crippen LogP contribution is -2.54. The molecule has 0 spiro atoms. The Hall–Kier alpha value is -6.51.